The minimum atomic E-state index is -0.769. The Bertz CT molecular complexity index is 489. The van der Waals surface area contributed by atoms with Gasteiger partial charge in [0.05, 0.1) is 20.3 Å². The molecule has 4 nitrogen and oxygen atoms in total. The highest BCUT2D eigenvalue weighted by molar-refractivity contribution is 5.67. The van der Waals surface area contributed by atoms with E-state index < -0.39 is 5.97 Å². The molecule has 0 saturated carbocycles. The minimum absolute atomic E-state index is 0.152. The summed E-state index contributed by atoms with van der Waals surface area (Å²) in [7, 11) is 1.66. The minimum Gasteiger partial charge on any atom is -0.496 e. The maximum Gasteiger partial charge on any atom is 0.303 e. The lowest BCUT2D eigenvalue weighted by Crippen LogP contribution is -2.47. The molecule has 2 rings (SSSR count). The zero-order valence-corrected chi connectivity index (χ0v) is 11.7. The first-order valence-corrected chi connectivity index (χ1v) is 6.44. The largest absolute Gasteiger partial charge is 0.496 e. The number of aliphatic carboxylic acids is 1. The lowest BCUT2D eigenvalue weighted by Gasteiger charge is -2.43. The van der Waals surface area contributed by atoms with Gasteiger partial charge in [0, 0.05) is 17.4 Å². The number of carboxylic acid groups (broad SMARTS) is 1. The van der Waals surface area contributed by atoms with E-state index in [0.29, 0.717) is 19.6 Å². The van der Waals surface area contributed by atoms with Crippen LogP contribution in [-0.4, -0.2) is 31.4 Å². The molecule has 0 aromatic heterocycles. The van der Waals surface area contributed by atoms with E-state index in [1.54, 1.807) is 7.11 Å². The maximum absolute atomic E-state index is 10.8. The molecule has 0 aliphatic carbocycles. The predicted molar refractivity (Wildman–Crippen MR) is 71.8 cm³/mol. The van der Waals surface area contributed by atoms with Crippen molar-refractivity contribution >= 4 is 5.97 Å². The van der Waals surface area contributed by atoms with Crippen LogP contribution in [0.25, 0.3) is 0 Å². The van der Waals surface area contributed by atoms with E-state index in [4.69, 9.17) is 14.6 Å². The second kappa shape index (κ2) is 5.21. The Balaban J connectivity index is 2.40. The number of hydrogen-bond acceptors (Lipinski definition) is 3. The number of carboxylic acids is 1. The van der Waals surface area contributed by atoms with Crippen molar-refractivity contribution in [2.24, 2.45) is 0 Å². The number of aryl methyl sites for hydroxylation is 2. The summed E-state index contributed by atoms with van der Waals surface area (Å²) in [6.07, 6.45) is 0.737. The van der Waals surface area contributed by atoms with Crippen molar-refractivity contribution < 1.29 is 19.4 Å². The molecule has 1 fully saturated rings. The van der Waals surface area contributed by atoms with E-state index in [2.05, 4.69) is 12.1 Å². The first-order valence-electron chi connectivity index (χ1n) is 6.44. The quantitative estimate of drug-likeness (QED) is 0.887. The van der Waals surface area contributed by atoms with Gasteiger partial charge in [-0.15, -0.1) is 0 Å². The molecule has 0 unspecified atom stereocenters. The van der Waals surface area contributed by atoms with Crippen LogP contribution in [0, 0.1) is 13.8 Å². The third kappa shape index (κ3) is 2.59. The molecular weight excluding hydrogens is 244 g/mol. The smallest absolute Gasteiger partial charge is 0.303 e. The van der Waals surface area contributed by atoms with Crippen LogP contribution in [0.2, 0.25) is 0 Å². The molecule has 0 radical (unpaired) electrons. The molecular formula is C15H20O4. The Morgan fingerprint density at radius 1 is 1.42 bits per heavy atom. The monoisotopic (exact) mass is 264 g/mol. The highest BCUT2D eigenvalue weighted by Crippen LogP contribution is 2.43. The molecule has 1 heterocycles. The summed E-state index contributed by atoms with van der Waals surface area (Å²) in [5.74, 6) is 0.0916. The lowest BCUT2D eigenvalue weighted by atomic mass is 9.73. The summed E-state index contributed by atoms with van der Waals surface area (Å²) in [6.45, 7) is 5.19. The SMILES string of the molecule is COc1c(C)cc(C)cc1C1(CCC(=O)O)COC1. The molecule has 0 spiro atoms. The Kier molecular flexibility index (Phi) is 3.80. The zero-order chi connectivity index (χ0) is 14.0. The lowest BCUT2D eigenvalue weighted by molar-refractivity contribution is -0.139. The highest BCUT2D eigenvalue weighted by Gasteiger charge is 2.42. The average Bonchev–Trinajstić information content (AvgIpc) is 2.26. The van der Waals surface area contributed by atoms with Crippen LogP contribution in [0.15, 0.2) is 12.1 Å². The van der Waals surface area contributed by atoms with Crippen LogP contribution in [0.1, 0.15) is 29.5 Å². The Hall–Kier alpha value is -1.55. The van der Waals surface area contributed by atoms with Gasteiger partial charge in [0.15, 0.2) is 0 Å². The molecule has 1 N–H and O–H groups in total. The summed E-state index contributed by atoms with van der Waals surface area (Å²) in [4.78, 5) is 10.8. The molecule has 0 atom stereocenters. The summed E-state index contributed by atoms with van der Waals surface area (Å²) in [5, 5.41) is 8.91. The van der Waals surface area contributed by atoms with E-state index in [1.165, 1.54) is 0 Å². The van der Waals surface area contributed by atoms with Gasteiger partial charge in [-0.3, -0.25) is 4.79 Å². The van der Waals surface area contributed by atoms with Gasteiger partial charge in [-0.05, 0) is 25.8 Å². The van der Waals surface area contributed by atoms with Crippen LogP contribution in [0.3, 0.4) is 0 Å². The fraction of sp³-hybridized carbons (Fsp3) is 0.533. The van der Waals surface area contributed by atoms with Crippen molar-refractivity contribution in [2.45, 2.75) is 32.1 Å². The molecule has 1 aromatic rings. The van der Waals surface area contributed by atoms with Gasteiger partial charge in [-0.2, -0.15) is 0 Å². The molecule has 4 heteroatoms. The molecule has 1 aliphatic heterocycles. The van der Waals surface area contributed by atoms with Gasteiger partial charge in [-0.25, -0.2) is 0 Å². The van der Waals surface area contributed by atoms with Crippen LogP contribution in [-0.2, 0) is 14.9 Å². The zero-order valence-electron chi connectivity index (χ0n) is 11.7. The fourth-order valence-corrected chi connectivity index (χ4v) is 2.75. The maximum atomic E-state index is 10.8. The van der Waals surface area contributed by atoms with E-state index in [-0.39, 0.29) is 11.8 Å². The van der Waals surface area contributed by atoms with Crippen molar-refractivity contribution in [3.63, 3.8) is 0 Å². The second-order valence-electron chi connectivity index (χ2n) is 5.33. The number of ether oxygens (including phenoxy) is 2. The van der Waals surface area contributed by atoms with Gasteiger partial charge in [0.25, 0.3) is 0 Å². The molecule has 104 valence electrons. The Morgan fingerprint density at radius 3 is 2.58 bits per heavy atom. The van der Waals surface area contributed by atoms with Crippen molar-refractivity contribution in [2.75, 3.05) is 20.3 Å². The second-order valence-corrected chi connectivity index (χ2v) is 5.33. The molecule has 0 bridgehead atoms. The van der Waals surface area contributed by atoms with Gasteiger partial charge >= 0.3 is 5.97 Å². The Morgan fingerprint density at radius 2 is 2.11 bits per heavy atom. The average molecular weight is 264 g/mol. The van der Waals surface area contributed by atoms with E-state index in [1.807, 2.05) is 13.8 Å². The normalized spacial score (nSPS) is 16.8. The third-order valence-electron chi connectivity index (χ3n) is 3.77. The number of hydrogen-bond donors (Lipinski definition) is 1. The van der Waals surface area contributed by atoms with Crippen molar-refractivity contribution in [1.82, 2.24) is 0 Å². The van der Waals surface area contributed by atoms with Crippen LogP contribution < -0.4 is 4.74 Å². The predicted octanol–water partition coefficient (Wildman–Crippen LogP) is 2.44. The summed E-state index contributed by atoms with van der Waals surface area (Å²) < 4.78 is 10.9. The first-order chi connectivity index (χ1) is 8.98. The van der Waals surface area contributed by atoms with E-state index >= 15 is 0 Å². The molecule has 1 aromatic carbocycles. The summed E-state index contributed by atoms with van der Waals surface area (Å²) >= 11 is 0. The van der Waals surface area contributed by atoms with Gasteiger partial charge < -0.3 is 14.6 Å². The number of rotatable bonds is 5. The van der Waals surface area contributed by atoms with Crippen LogP contribution in [0.4, 0.5) is 0 Å². The van der Waals surface area contributed by atoms with Gasteiger partial charge in [0.1, 0.15) is 5.75 Å². The standard InChI is InChI=1S/C15H20O4/c1-10-6-11(2)14(18-3)12(7-10)15(8-19-9-15)5-4-13(16)17/h6-7H,4-5,8-9H2,1-3H3,(H,16,17). The van der Waals surface area contributed by atoms with Crippen molar-refractivity contribution in [3.05, 3.63) is 28.8 Å². The van der Waals surface area contributed by atoms with Gasteiger partial charge in [-0.1, -0.05) is 17.7 Å². The summed E-state index contributed by atoms with van der Waals surface area (Å²) in [5.41, 5.74) is 3.12. The molecule has 1 aliphatic rings. The van der Waals surface area contributed by atoms with Gasteiger partial charge in [0.2, 0.25) is 0 Å². The topological polar surface area (TPSA) is 55.8 Å². The fourth-order valence-electron chi connectivity index (χ4n) is 2.75. The third-order valence-corrected chi connectivity index (χ3v) is 3.77. The highest BCUT2D eigenvalue weighted by atomic mass is 16.5. The Labute approximate surface area is 113 Å². The van der Waals surface area contributed by atoms with E-state index in [0.717, 1.165) is 22.4 Å². The number of benzene rings is 1. The number of methoxy groups -OCH3 is 1. The van der Waals surface area contributed by atoms with Crippen LogP contribution in [0.5, 0.6) is 5.75 Å². The van der Waals surface area contributed by atoms with E-state index in [9.17, 15) is 4.79 Å². The molecule has 19 heavy (non-hydrogen) atoms. The molecule has 0 amide bonds. The first kappa shape index (κ1) is 13.9. The van der Waals surface area contributed by atoms with Crippen molar-refractivity contribution in [1.29, 1.82) is 0 Å². The van der Waals surface area contributed by atoms with Crippen LogP contribution >= 0.6 is 0 Å². The number of carbonyl (C=O) groups is 1. The molecule has 1 saturated heterocycles. The summed E-state index contributed by atoms with van der Waals surface area (Å²) in [6, 6.07) is 4.17. The van der Waals surface area contributed by atoms with Crippen molar-refractivity contribution in [3.8, 4) is 5.75 Å².